The molecule has 0 radical (unpaired) electrons. The molecule has 0 spiro atoms. The second-order valence-corrected chi connectivity index (χ2v) is 8.24. The number of carbonyl (C=O) groups excluding carboxylic acids is 1. The molecule has 0 saturated carbocycles. The van der Waals surface area contributed by atoms with Crippen molar-refractivity contribution in [2.75, 3.05) is 47.4 Å². The van der Waals surface area contributed by atoms with Gasteiger partial charge >= 0.3 is 0 Å². The van der Waals surface area contributed by atoms with Gasteiger partial charge in [-0.15, -0.1) is 0 Å². The topological polar surface area (TPSA) is 42.0 Å². The van der Waals surface area contributed by atoms with E-state index in [1.165, 1.54) is 18.4 Å². The van der Waals surface area contributed by atoms with Gasteiger partial charge in [0.15, 0.2) is 0 Å². The number of ether oxygens (including phenoxy) is 2. The van der Waals surface area contributed by atoms with Gasteiger partial charge in [0.1, 0.15) is 11.5 Å². The number of para-hydroxylation sites is 1. The van der Waals surface area contributed by atoms with Crippen molar-refractivity contribution in [1.82, 2.24) is 9.80 Å². The first-order chi connectivity index (χ1) is 14.5. The van der Waals surface area contributed by atoms with Crippen LogP contribution in [0.15, 0.2) is 42.5 Å². The highest BCUT2D eigenvalue weighted by atomic mass is 16.5. The van der Waals surface area contributed by atoms with Gasteiger partial charge in [-0.3, -0.25) is 4.79 Å². The van der Waals surface area contributed by atoms with Crippen molar-refractivity contribution < 1.29 is 14.3 Å². The number of likely N-dealkylation sites (tertiary alicyclic amines) is 1. The van der Waals surface area contributed by atoms with E-state index in [4.69, 9.17) is 9.47 Å². The molecule has 0 aliphatic carbocycles. The molecule has 1 saturated heterocycles. The second kappa shape index (κ2) is 10.5. The lowest BCUT2D eigenvalue weighted by Gasteiger charge is -2.35. The summed E-state index contributed by atoms with van der Waals surface area (Å²) in [5, 5.41) is 0. The van der Waals surface area contributed by atoms with Gasteiger partial charge in [-0.05, 0) is 74.0 Å². The van der Waals surface area contributed by atoms with E-state index in [9.17, 15) is 4.79 Å². The average molecular weight is 411 g/mol. The molecule has 1 fully saturated rings. The van der Waals surface area contributed by atoms with Crippen LogP contribution in [-0.4, -0.2) is 63.2 Å². The Hall–Kier alpha value is -2.53. The van der Waals surface area contributed by atoms with Gasteiger partial charge in [-0.25, -0.2) is 0 Å². The minimum atomic E-state index is 0.0758. The molecule has 2 aromatic carbocycles. The Morgan fingerprint density at radius 2 is 1.90 bits per heavy atom. The minimum Gasteiger partial charge on any atom is -0.496 e. The SMILES string of the molecule is COc1ccc(C(=O)N(C)C[C@H]2CCCN(CCc3ccccc3OC)C2)cc1C. The molecule has 0 aromatic heterocycles. The van der Waals surface area contributed by atoms with Crippen molar-refractivity contribution in [2.24, 2.45) is 5.92 Å². The number of hydrogen-bond acceptors (Lipinski definition) is 4. The van der Waals surface area contributed by atoms with Gasteiger partial charge in [0.05, 0.1) is 14.2 Å². The summed E-state index contributed by atoms with van der Waals surface area (Å²) in [6.07, 6.45) is 3.33. The van der Waals surface area contributed by atoms with Gasteiger partial charge in [0.25, 0.3) is 5.91 Å². The maximum absolute atomic E-state index is 12.9. The number of nitrogens with zero attached hydrogens (tertiary/aromatic N) is 2. The fraction of sp³-hybridized carbons (Fsp3) is 0.480. The zero-order chi connectivity index (χ0) is 21.5. The Kier molecular flexibility index (Phi) is 7.75. The van der Waals surface area contributed by atoms with Crippen LogP contribution in [0.1, 0.15) is 34.3 Å². The van der Waals surface area contributed by atoms with Gasteiger partial charge in [-0.1, -0.05) is 18.2 Å². The number of hydrogen-bond donors (Lipinski definition) is 0. The van der Waals surface area contributed by atoms with E-state index in [1.54, 1.807) is 14.2 Å². The lowest BCUT2D eigenvalue weighted by atomic mass is 9.96. The Bertz CT molecular complexity index is 852. The highest BCUT2D eigenvalue weighted by molar-refractivity contribution is 5.94. The van der Waals surface area contributed by atoms with Crippen molar-refractivity contribution in [1.29, 1.82) is 0 Å². The van der Waals surface area contributed by atoms with Crippen molar-refractivity contribution in [3.05, 3.63) is 59.2 Å². The van der Waals surface area contributed by atoms with Crippen LogP contribution in [-0.2, 0) is 6.42 Å². The lowest BCUT2D eigenvalue weighted by Crippen LogP contribution is -2.42. The molecular weight excluding hydrogens is 376 g/mol. The third-order valence-corrected chi connectivity index (χ3v) is 6.01. The van der Waals surface area contributed by atoms with Crippen LogP contribution in [0.2, 0.25) is 0 Å². The van der Waals surface area contributed by atoms with E-state index in [1.807, 2.05) is 49.2 Å². The van der Waals surface area contributed by atoms with Gasteiger partial charge in [-0.2, -0.15) is 0 Å². The zero-order valence-electron chi connectivity index (χ0n) is 18.7. The molecule has 1 amide bonds. The van der Waals surface area contributed by atoms with Crippen molar-refractivity contribution >= 4 is 5.91 Å². The maximum Gasteiger partial charge on any atom is 0.253 e. The van der Waals surface area contributed by atoms with Crippen LogP contribution in [0.4, 0.5) is 0 Å². The normalized spacial score (nSPS) is 16.9. The molecule has 5 nitrogen and oxygen atoms in total. The molecule has 0 bridgehead atoms. The lowest BCUT2D eigenvalue weighted by molar-refractivity contribution is 0.0730. The van der Waals surface area contributed by atoms with Crippen LogP contribution < -0.4 is 9.47 Å². The third-order valence-electron chi connectivity index (χ3n) is 6.01. The number of aryl methyl sites for hydroxylation is 1. The van der Waals surface area contributed by atoms with Crippen molar-refractivity contribution in [3.8, 4) is 11.5 Å². The summed E-state index contributed by atoms with van der Waals surface area (Å²) >= 11 is 0. The second-order valence-electron chi connectivity index (χ2n) is 8.24. The standard InChI is InChI=1S/C25H34N2O3/c1-19-16-22(11-12-23(19)29-3)25(28)26(2)17-20-8-7-14-27(18-20)15-13-21-9-5-6-10-24(21)30-4/h5-6,9-12,16,20H,7-8,13-15,17-18H2,1-4H3/t20-/m1/s1. The molecule has 1 aliphatic rings. The van der Waals surface area contributed by atoms with Crippen LogP contribution in [0, 0.1) is 12.8 Å². The van der Waals surface area contributed by atoms with Crippen molar-refractivity contribution in [2.45, 2.75) is 26.2 Å². The predicted molar refractivity (Wildman–Crippen MR) is 121 cm³/mol. The van der Waals surface area contributed by atoms with E-state index in [0.29, 0.717) is 5.92 Å². The Morgan fingerprint density at radius 1 is 1.13 bits per heavy atom. The number of methoxy groups -OCH3 is 2. The summed E-state index contributed by atoms with van der Waals surface area (Å²) in [6, 6.07) is 13.9. The smallest absolute Gasteiger partial charge is 0.253 e. The van der Waals surface area contributed by atoms with E-state index < -0.39 is 0 Å². The molecule has 0 unspecified atom stereocenters. The Morgan fingerprint density at radius 3 is 2.63 bits per heavy atom. The fourth-order valence-electron chi connectivity index (χ4n) is 4.39. The molecule has 2 aromatic rings. The third kappa shape index (κ3) is 5.54. The summed E-state index contributed by atoms with van der Waals surface area (Å²) in [4.78, 5) is 17.3. The molecule has 1 aliphatic heterocycles. The molecule has 1 atom stereocenters. The fourth-order valence-corrected chi connectivity index (χ4v) is 4.39. The minimum absolute atomic E-state index is 0.0758. The molecule has 0 N–H and O–H groups in total. The van der Waals surface area contributed by atoms with Gasteiger partial charge in [0.2, 0.25) is 0 Å². The van der Waals surface area contributed by atoms with Gasteiger partial charge < -0.3 is 19.3 Å². The number of rotatable bonds is 8. The largest absolute Gasteiger partial charge is 0.496 e. The summed E-state index contributed by atoms with van der Waals surface area (Å²) < 4.78 is 10.8. The number of benzene rings is 2. The first kappa shape index (κ1) is 22.2. The highest BCUT2D eigenvalue weighted by Crippen LogP contribution is 2.23. The molecule has 5 heteroatoms. The van der Waals surface area contributed by atoms with Crippen LogP contribution in [0.3, 0.4) is 0 Å². The number of piperidine rings is 1. The van der Waals surface area contributed by atoms with Crippen LogP contribution in [0.5, 0.6) is 11.5 Å². The zero-order valence-corrected chi connectivity index (χ0v) is 18.7. The summed E-state index contributed by atoms with van der Waals surface area (Å²) in [7, 11) is 5.29. The summed E-state index contributed by atoms with van der Waals surface area (Å²) in [5.41, 5.74) is 2.96. The summed E-state index contributed by atoms with van der Waals surface area (Å²) in [6.45, 7) is 5.94. The van der Waals surface area contributed by atoms with Crippen LogP contribution >= 0.6 is 0 Å². The molecule has 30 heavy (non-hydrogen) atoms. The number of carbonyl (C=O) groups is 1. The summed E-state index contributed by atoms with van der Waals surface area (Å²) in [5.74, 6) is 2.36. The Balaban J connectivity index is 1.53. The highest BCUT2D eigenvalue weighted by Gasteiger charge is 2.23. The molecular formula is C25H34N2O3. The molecule has 1 heterocycles. The van der Waals surface area contributed by atoms with Gasteiger partial charge in [0, 0.05) is 32.2 Å². The average Bonchev–Trinajstić information content (AvgIpc) is 2.77. The number of amides is 1. The van der Waals surface area contributed by atoms with E-state index in [0.717, 1.165) is 55.2 Å². The quantitative estimate of drug-likeness (QED) is 0.659. The van der Waals surface area contributed by atoms with E-state index in [2.05, 4.69) is 17.0 Å². The van der Waals surface area contributed by atoms with Crippen LogP contribution in [0.25, 0.3) is 0 Å². The van der Waals surface area contributed by atoms with E-state index in [-0.39, 0.29) is 5.91 Å². The van der Waals surface area contributed by atoms with Crippen molar-refractivity contribution in [3.63, 3.8) is 0 Å². The first-order valence-electron chi connectivity index (χ1n) is 10.8. The molecule has 162 valence electrons. The maximum atomic E-state index is 12.9. The monoisotopic (exact) mass is 410 g/mol. The Labute approximate surface area is 180 Å². The molecule has 3 rings (SSSR count). The first-order valence-corrected chi connectivity index (χ1v) is 10.8. The predicted octanol–water partition coefficient (Wildman–Crippen LogP) is 4.04. The van der Waals surface area contributed by atoms with E-state index >= 15 is 0 Å².